The van der Waals surface area contributed by atoms with Crippen molar-refractivity contribution in [3.8, 4) is 0 Å². The van der Waals surface area contributed by atoms with Crippen molar-refractivity contribution < 1.29 is 17.9 Å². The highest BCUT2D eigenvalue weighted by Gasteiger charge is 2.28. The first-order chi connectivity index (χ1) is 9.95. The summed E-state index contributed by atoms with van der Waals surface area (Å²) in [5.74, 6) is -0.0559. The molecule has 1 fully saturated rings. The van der Waals surface area contributed by atoms with Gasteiger partial charge in [-0.2, -0.15) is 4.31 Å². The van der Waals surface area contributed by atoms with Crippen molar-refractivity contribution in [2.45, 2.75) is 37.7 Å². The number of rotatable bonds is 4. The molecule has 1 aliphatic rings. The van der Waals surface area contributed by atoms with Crippen LogP contribution in [-0.2, 0) is 14.8 Å². The average Bonchev–Trinajstić information content (AvgIpc) is 2.71. The molecular formula is C15H21NO4S. The van der Waals surface area contributed by atoms with Crippen molar-refractivity contribution in [1.82, 2.24) is 4.31 Å². The maximum Gasteiger partial charge on any atom is 0.243 e. The zero-order chi connectivity index (χ0) is 15.5. The summed E-state index contributed by atoms with van der Waals surface area (Å²) < 4.78 is 32.3. The number of sulfonamides is 1. The molecule has 0 spiro atoms. The van der Waals surface area contributed by atoms with Gasteiger partial charge in [-0.1, -0.05) is 19.1 Å². The van der Waals surface area contributed by atoms with Crippen LogP contribution in [0, 0.1) is 0 Å². The smallest absolute Gasteiger partial charge is 0.243 e. The summed E-state index contributed by atoms with van der Waals surface area (Å²) in [7, 11) is -3.58. The lowest BCUT2D eigenvalue weighted by Crippen LogP contribution is -2.36. The molecule has 0 amide bonds. The van der Waals surface area contributed by atoms with E-state index < -0.39 is 10.0 Å². The van der Waals surface area contributed by atoms with Gasteiger partial charge in [-0.05, 0) is 25.5 Å². The number of nitrogens with zero attached hydrogens (tertiary/aromatic N) is 1. The first kappa shape index (κ1) is 16.1. The van der Waals surface area contributed by atoms with Gasteiger partial charge < -0.3 is 4.74 Å². The molecule has 2 rings (SSSR count). The predicted octanol–water partition coefficient (Wildman–Crippen LogP) is 2.08. The van der Waals surface area contributed by atoms with Crippen LogP contribution in [0.15, 0.2) is 29.2 Å². The van der Waals surface area contributed by atoms with Crippen LogP contribution < -0.4 is 0 Å². The zero-order valence-electron chi connectivity index (χ0n) is 12.4. The molecule has 0 N–H and O–H groups in total. The van der Waals surface area contributed by atoms with Crippen LogP contribution in [0.2, 0.25) is 0 Å². The van der Waals surface area contributed by atoms with E-state index in [1.165, 1.54) is 16.4 Å². The van der Waals surface area contributed by atoms with E-state index >= 15 is 0 Å². The van der Waals surface area contributed by atoms with Crippen molar-refractivity contribution in [2.24, 2.45) is 0 Å². The van der Waals surface area contributed by atoms with Crippen LogP contribution >= 0.6 is 0 Å². The second kappa shape index (κ2) is 6.68. The molecule has 6 heteroatoms. The van der Waals surface area contributed by atoms with Gasteiger partial charge in [0.1, 0.15) is 0 Å². The van der Waals surface area contributed by atoms with Crippen molar-refractivity contribution in [3.05, 3.63) is 29.8 Å². The van der Waals surface area contributed by atoms with Gasteiger partial charge in [-0.3, -0.25) is 4.79 Å². The van der Waals surface area contributed by atoms with E-state index in [-0.39, 0.29) is 16.8 Å². The topological polar surface area (TPSA) is 63.7 Å². The minimum atomic E-state index is -3.58. The summed E-state index contributed by atoms with van der Waals surface area (Å²) >= 11 is 0. The van der Waals surface area contributed by atoms with Crippen molar-refractivity contribution in [3.63, 3.8) is 0 Å². The molecule has 21 heavy (non-hydrogen) atoms. The van der Waals surface area contributed by atoms with E-state index in [9.17, 15) is 13.2 Å². The Balaban J connectivity index is 2.32. The summed E-state index contributed by atoms with van der Waals surface area (Å²) in [6, 6.07) is 6.28. The third-order valence-corrected chi connectivity index (χ3v) is 5.39. The molecule has 0 aromatic heterocycles. The van der Waals surface area contributed by atoms with Crippen molar-refractivity contribution >= 4 is 15.8 Å². The van der Waals surface area contributed by atoms with Crippen LogP contribution in [0.3, 0.4) is 0 Å². The third kappa shape index (κ3) is 3.70. The van der Waals surface area contributed by atoms with E-state index in [0.717, 1.165) is 0 Å². The Morgan fingerprint density at radius 3 is 2.90 bits per heavy atom. The van der Waals surface area contributed by atoms with E-state index in [1.54, 1.807) is 19.1 Å². The molecule has 116 valence electrons. The van der Waals surface area contributed by atoms with E-state index in [0.29, 0.717) is 38.1 Å². The summed E-state index contributed by atoms with van der Waals surface area (Å²) in [4.78, 5) is 11.9. The molecule has 1 aromatic carbocycles. The number of ketones is 1. The molecule has 5 nitrogen and oxygen atoms in total. The maximum atomic E-state index is 12.7. The fourth-order valence-electron chi connectivity index (χ4n) is 2.36. The number of hydrogen-bond donors (Lipinski definition) is 0. The van der Waals surface area contributed by atoms with Gasteiger partial charge in [0.2, 0.25) is 10.0 Å². The molecule has 0 saturated carbocycles. The van der Waals surface area contributed by atoms with E-state index in [4.69, 9.17) is 4.74 Å². The molecule has 0 aliphatic carbocycles. The molecule has 1 saturated heterocycles. The fraction of sp³-hybridized carbons (Fsp3) is 0.533. The zero-order valence-corrected chi connectivity index (χ0v) is 13.2. The third-order valence-electron chi connectivity index (χ3n) is 3.53. The van der Waals surface area contributed by atoms with Gasteiger partial charge in [0.25, 0.3) is 0 Å². The monoisotopic (exact) mass is 311 g/mol. The Morgan fingerprint density at radius 1 is 1.43 bits per heavy atom. The van der Waals surface area contributed by atoms with E-state index in [1.807, 2.05) is 6.92 Å². The quantitative estimate of drug-likeness (QED) is 0.799. The second-order valence-corrected chi connectivity index (χ2v) is 7.14. The molecule has 1 atom stereocenters. The van der Waals surface area contributed by atoms with Crippen molar-refractivity contribution in [1.29, 1.82) is 0 Å². The van der Waals surface area contributed by atoms with Crippen LogP contribution in [0.25, 0.3) is 0 Å². The summed E-state index contributed by atoms with van der Waals surface area (Å²) in [6.45, 7) is 4.98. The molecule has 1 heterocycles. The molecule has 0 bridgehead atoms. The lowest BCUT2D eigenvalue weighted by atomic mass is 10.1. The lowest BCUT2D eigenvalue weighted by molar-refractivity contribution is 0.0752. The van der Waals surface area contributed by atoms with Gasteiger partial charge >= 0.3 is 0 Å². The second-order valence-electron chi connectivity index (χ2n) is 5.20. The summed E-state index contributed by atoms with van der Waals surface area (Å²) in [6.07, 6.45) is 0.914. The lowest BCUT2D eigenvalue weighted by Gasteiger charge is -2.21. The Labute approximate surface area is 126 Å². The molecule has 1 unspecified atom stereocenters. The normalized spacial score (nSPS) is 21.0. The van der Waals surface area contributed by atoms with Crippen molar-refractivity contribution in [2.75, 3.05) is 19.7 Å². The van der Waals surface area contributed by atoms with Crippen LogP contribution in [0.1, 0.15) is 37.0 Å². The molecular weight excluding hydrogens is 290 g/mol. The van der Waals surface area contributed by atoms with E-state index in [2.05, 4.69) is 0 Å². The maximum absolute atomic E-state index is 12.7. The number of carbonyl (C=O) groups excluding carboxylic acids is 1. The van der Waals surface area contributed by atoms with Gasteiger partial charge in [0, 0.05) is 31.7 Å². The first-order valence-corrected chi connectivity index (χ1v) is 8.64. The van der Waals surface area contributed by atoms with Crippen LogP contribution in [0.4, 0.5) is 0 Å². The van der Waals surface area contributed by atoms with Gasteiger partial charge in [0.15, 0.2) is 5.78 Å². The number of benzene rings is 1. The van der Waals surface area contributed by atoms with Gasteiger partial charge in [0.05, 0.1) is 11.0 Å². The standard InChI is InChI=1S/C15H21NO4S/c1-3-15(17)13-6-4-7-14(10-13)21(18,19)16-8-5-9-20-12(2)11-16/h4,6-7,10,12H,3,5,8-9,11H2,1-2H3. The summed E-state index contributed by atoms with van der Waals surface area (Å²) in [5.41, 5.74) is 0.442. The Bertz CT molecular complexity index is 612. The fourth-order valence-corrected chi connectivity index (χ4v) is 3.96. The number of carbonyl (C=O) groups is 1. The minimum absolute atomic E-state index is 0.0559. The molecule has 1 aliphatic heterocycles. The number of ether oxygens (including phenoxy) is 1. The highest BCUT2D eigenvalue weighted by Crippen LogP contribution is 2.20. The largest absolute Gasteiger partial charge is 0.377 e. The highest BCUT2D eigenvalue weighted by molar-refractivity contribution is 7.89. The Kier molecular flexibility index (Phi) is 5.13. The van der Waals surface area contributed by atoms with Gasteiger partial charge in [-0.15, -0.1) is 0 Å². The number of hydrogen-bond acceptors (Lipinski definition) is 4. The van der Waals surface area contributed by atoms with Crippen LogP contribution in [0.5, 0.6) is 0 Å². The summed E-state index contributed by atoms with van der Waals surface area (Å²) in [5, 5.41) is 0. The Hall–Kier alpha value is -1.24. The van der Waals surface area contributed by atoms with Crippen LogP contribution in [-0.4, -0.2) is 44.3 Å². The predicted molar refractivity (Wildman–Crippen MR) is 79.9 cm³/mol. The average molecular weight is 311 g/mol. The SMILES string of the molecule is CCC(=O)c1cccc(S(=O)(=O)N2CCCOC(C)C2)c1. The highest BCUT2D eigenvalue weighted by atomic mass is 32.2. The molecule has 1 aromatic rings. The number of Topliss-reactive ketones (excluding diaryl/α,β-unsaturated/α-hetero) is 1. The van der Waals surface area contributed by atoms with Gasteiger partial charge in [-0.25, -0.2) is 8.42 Å². The first-order valence-electron chi connectivity index (χ1n) is 7.20. The Morgan fingerprint density at radius 2 is 2.19 bits per heavy atom. The molecule has 0 radical (unpaired) electrons. The minimum Gasteiger partial charge on any atom is -0.377 e.